The summed E-state index contributed by atoms with van der Waals surface area (Å²) < 4.78 is 18.4. The van der Waals surface area contributed by atoms with Gasteiger partial charge in [0.2, 0.25) is 0 Å². The van der Waals surface area contributed by atoms with Gasteiger partial charge >= 0.3 is 0 Å². The molecule has 1 aromatic heterocycles. The van der Waals surface area contributed by atoms with Crippen LogP contribution in [0.25, 0.3) is 11.3 Å². The van der Waals surface area contributed by atoms with Gasteiger partial charge in [-0.3, -0.25) is 9.89 Å². The molecule has 1 aromatic carbocycles. The zero-order valence-electron chi connectivity index (χ0n) is 14.3. The number of methoxy groups -OCH3 is 1. The first-order valence-corrected chi connectivity index (χ1v) is 8.41. The van der Waals surface area contributed by atoms with E-state index in [1.807, 2.05) is 0 Å². The molecule has 0 atom stereocenters. The van der Waals surface area contributed by atoms with Crippen molar-refractivity contribution >= 4 is 5.91 Å². The molecular formula is C18H23FN4O2. The summed E-state index contributed by atoms with van der Waals surface area (Å²) in [5.74, 6) is -0.502. The van der Waals surface area contributed by atoms with E-state index in [0.29, 0.717) is 24.5 Å². The number of benzene rings is 1. The Labute approximate surface area is 146 Å². The van der Waals surface area contributed by atoms with Crippen molar-refractivity contribution in [2.45, 2.75) is 12.8 Å². The number of hydrogen-bond acceptors (Lipinski definition) is 4. The number of ether oxygens (including phenoxy) is 1. The maximum atomic E-state index is 13.0. The first-order chi connectivity index (χ1) is 12.1. The van der Waals surface area contributed by atoms with Crippen LogP contribution in [-0.2, 0) is 4.74 Å². The van der Waals surface area contributed by atoms with Crippen LogP contribution in [0.15, 0.2) is 30.3 Å². The molecule has 1 saturated heterocycles. The molecule has 0 spiro atoms. The van der Waals surface area contributed by atoms with E-state index in [0.717, 1.165) is 31.5 Å². The van der Waals surface area contributed by atoms with Gasteiger partial charge in [0.1, 0.15) is 11.5 Å². The monoisotopic (exact) mass is 346 g/mol. The Morgan fingerprint density at radius 3 is 2.72 bits per heavy atom. The largest absolute Gasteiger partial charge is 0.384 e. The minimum absolute atomic E-state index is 0.0323. The minimum atomic E-state index is -0.303. The number of aromatic amines is 1. The summed E-state index contributed by atoms with van der Waals surface area (Å²) in [5.41, 5.74) is 1.72. The summed E-state index contributed by atoms with van der Waals surface area (Å²) in [5, 5.41) is 13.2. The van der Waals surface area contributed by atoms with Gasteiger partial charge in [-0.05, 0) is 56.3 Å². The molecule has 2 aromatic rings. The van der Waals surface area contributed by atoms with Crippen molar-refractivity contribution in [2.24, 2.45) is 5.41 Å². The fraction of sp³-hybridized carbons (Fsp3) is 0.444. The van der Waals surface area contributed by atoms with Crippen LogP contribution in [-0.4, -0.2) is 49.5 Å². The molecule has 2 heterocycles. The predicted molar refractivity (Wildman–Crippen MR) is 92.7 cm³/mol. The van der Waals surface area contributed by atoms with Gasteiger partial charge in [-0.1, -0.05) is 0 Å². The Morgan fingerprint density at radius 1 is 1.32 bits per heavy atom. The highest BCUT2D eigenvalue weighted by Crippen LogP contribution is 2.28. The van der Waals surface area contributed by atoms with Crippen LogP contribution in [0.1, 0.15) is 23.3 Å². The van der Waals surface area contributed by atoms with Gasteiger partial charge in [0.15, 0.2) is 0 Å². The molecule has 0 bridgehead atoms. The Morgan fingerprint density at radius 2 is 2.04 bits per heavy atom. The number of carbonyl (C=O) groups excluding carboxylic acids is 1. The second-order valence-electron chi connectivity index (χ2n) is 6.54. The van der Waals surface area contributed by atoms with Crippen LogP contribution in [0.5, 0.6) is 0 Å². The molecule has 7 heteroatoms. The van der Waals surface area contributed by atoms with Gasteiger partial charge in [0.25, 0.3) is 5.91 Å². The zero-order chi connectivity index (χ0) is 17.7. The van der Waals surface area contributed by atoms with Crippen LogP contribution in [0.2, 0.25) is 0 Å². The highest BCUT2D eigenvalue weighted by molar-refractivity contribution is 5.93. The van der Waals surface area contributed by atoms with E-state index < -0.39 is 0 Å². The first-order valence-electron chi connectivity index (χ1n) is 8.41. The third kappa shape index (κ3) is 4.24. The number of hydrogen-bond donors (Lipinski definition) is 3. The van der Waals surface area contributed by atoms with E-state index in [2.05, 4.69) is 20.8 Å². The Kier molecular flexibility index (Phi) is 5.45. The van der Waals surface area contributed by atoms with Crippen LogP contribution in [0, 0.1) is 11.2 Å². The third-order valence-corrected chi connectivity index (χ3v) is 4.70. The van der Waals surface area contributed by atoms with Gasteiger partial charge in [0, 0.05) is 24.6 Å². The number of rotatable bonds is 6. The molecule has 3 rings (SSSR count). The van der Waals surface area contributed by atoms with Crippen LogP contribution in [0.4, 0.5) is 4.39 Å². The first kappa shape index (κ1) is 17.6. The lowest BCUT2D eigenvalue weighted by atomic mass is 9.79. The van der Waals surface area contributed by atoms with E-state index >= 15 is 0 Å². The second-order valence-corrected chi connectivity index (χ2v) is 6.54. The lowest BCUT2D eigenvalue weighted by Crippen LogP contribution is -2.47. The van der Waals surface area contributed by atoms with Gasteiger partial charge in [-0.25, -0.2) is 4.39 Å². The maximum Gasteiger partial charge on any atom is 0.269 e. The predicted octanol–water partition coefficient (Wildman–Crippen LogP) is 1.96. The Bertz CT molecular complexity index is 703. The van der Waals surface area contributed by atoms with Crippen molar-refractivity contribution in [1.29, 1.82) is 0 Å². The molecule has 1 amide bonds. The maximum absolute atomic E-state index is 13.0. The quantitative estimate of drug-likeness (QED) is 0.747. The summed E-state index contributed by atoms with van der Waals surface area (Å²) >= 11 is 0. The summed E-state index contributed by atoms with van der Waals surface area (Å²) in [6, 6.07) is 7.68. The molecule has 1 aliphatic heterocycles. The number of piperidine rings is 1. The molecule has 134 valence electrons. The van der Waals surface area contributed by atoms with Crippen molar-refractivity contribution in [2.75, 3.05) is 33.4 Å². The summed E-state index contributed by atoms with van der Waals surface area (Å²) in [6.45, 7) is 3.04. The number of H-pyrrole nitrogens is 1. The topological polar surface area (TPSA) is 79.0 Å². The van der Waals surface area contributed by atoms with E-state index in [1.165, 1.54) is 12.1 Å². The van der Waals surface area contributed by atoms with Crippen LogP contribution in [0.3, 0.4) is 0 Å². The number of halogens is 1. The summed E-state index contributed by atoms with van der Waals surface area (Å²) in [7, 11) is 1.69. The molecule has 25 heavy (non-hydrogen) atoms. The van der Waals surface area contributed by atoms with Crippen molar-refractivity contribution in [3.05, 3.63) is 41.8 Å². The summed E-state index contributed by atoms with van der Waals surface area (Å²) in [4.78, 5) is 12.4. The van der Waals surface area contributed by atoms with Crippen molar-refractivity contribution < 1.29 is 13.9 Å². The van der Waals surface area contributed by atoms with Gasteiger partial charge in [0.05, 0.1) is 12.3 Å². The molecule has 0 saturated carbocycles. The highest BCUT2D eigenvalue weighted by atomic mass is 19.1. The Hall–Kier alpha value is -2.25. The second kappa shape index (κ2) is 7.76. The van der Waals surface area contributed by atoms with Crippen molar-refractivity contribution in [3.63, 3.8) is 0 Å². The van der Waals surface area contributed by atoms with E-state index in [4.69, 9.17) is 4.74 Å². The summed E-state index contributed by atoms with van der Waals surface area (Å²) in [6.07, 6.45) is 1.93. The van der Waals surface area contributed by atoms with Crippen molar-refractivity contribution in [1.82, 2.24) is 20.8 Å². The van der Waals surface area contributed by atoms with E-state index in [9.17, 15) is 9.18 Å². The molecule has 0 radical (unpaired) electrons. The molecule has 3 N–H and O–H groups in total. The minimum Gasteiger partial charge on any atom is -0.384 e. The van der Waals surface area contributed by atoms with Crippen LogP contribution >= 0.6 is 0 Å². The fourth-order valence-electron chi connectivity index (χ4n) is 3.21. The van der Waals surface area contributed by atoms with Crippen molar-refractivity contribution in [3.8, 4) is 11.3 Å². The molecular weight excluding hydrogens is 323 g/mol. The standard InChI is InChI=1S/C18H23FN4O2/c1-25-12-18(6-8-20-9-7-18)11-21-17(24)16-10-15(22-23-16)13-2-4-14(19)5-3-13/h2-5,10,20H,6-9,11-12H2,1H3,(H,21,24)(H,22,23). The molecule has 0 aliphatic carbocycles. The normalized spacial score (nSPS) is 16.6. The third-order valence-electron chi connectivity index (χ3n) is 4.70. The molecule has 1 aliphatic rings. The number of amides is 1. The smallest absolute Gasteiger partial charge is 0.269 e. The van der Waals surface area contributed by atoms with E-state index in [1.54, 1.807) is 25.3 Å². The average Bonchev–Trinajstić information content (AvgIpc) is 3.12. The number of nitrogens with zero attached hydrogens (tertiary/aromatic N) is 1. The molecule has 1 fully saturated rings. The lowest BCUT2D eigenvalue weighted by Gasteiger charge is -2.37. The number of nitrogens with one attached hydrogen (secondary N) is 3. The average molecular weight is 346 g/mol. The van der Waals surface area contributed by atoms with Gasteiger partial charge < -0.3 is 15.4 Å². The fourth-order valence-corrected chi connectivity index (χ4v) is 3.21. The zero-order valence-corrected chi connectivity index (χ0v) is 14.3. The van der Waals surface area contributed by atoms with Gasteiger partial charge in [-0.2, -0.15) is 5.10 Å². The Balaban J connectivity index is 1.64. The van der Waals surface area contributed by atoms with E-state index in [-0.39, 0.29) is 17.1 Å². The molecule has 6 nitrogen and oxygen atoms in total. The number of carbonyl (C=O) groups is 1. The molecule has 0 unspecified atom stereocenters. The number of aromatic nitrogens is 2. The lowest BCUT2D eigenvalue weighted by molar-refractivity contribution is 0.0510. The SMILES string of the molecule is COCC1(CNC(=O)c2cc(-c3ccc(F)cc3)n[nH]2)CCNCC1. The highest BCUT2D eigenvalue weighted by Gasteiger charge is 2.32. The van der Waals surface area contributed by atoms with Crippen LogP contribution < -0.4 is 10.6 Å². The van der Waals surface area contributed by atoms with Gasteiger partial charge in [-0.15, -0.1) is 0 Å².